The molecule has 1 saturated heterocycles. The van der Waals surface area contributed by atoms with E-state index >= 15 is 0 Å². The molecule has 0 bridgehead atoms. The van der Waals surface area contributed by atoms with Crippen molar-refractivity contribution in [2.75, 3.05) is 19.7 Å². The topological polar surface area (TPSA) is 88.2 Å². The SMILES string of the molecule is Cn1cc([C@H]2CN(S(=O)(=O)c3ccc(C#N)cc3Cl)CCO2)cn1. The molecule has 1 atom stereocenters. The number of benzene rings is 1. The van der Waals surface area contributed by atoms with Gasteiger partial charge in [-0.2, -0.15) is 14.7 Å². The van der Waals surface area contributed by atoms with Crippen LogP contribution in [0.5, 0.6) is 0 Å². The van der Waals surface area contributed by atoms with Crippen molar-refractivity contribution in [2.45, 2.75) is 11.0 Å². The van der Waals surface area contributed by atoms with E-state index in [1.54, 1.807) is 24.1 Å². The predicted molar refractivity (Wildman–Crippen MR) is 86.8 cm³/mol. The summed E-state index contributed by atoms with van der Waals surface area (Å²) in [5, 5.41) is 13.0. The van der Waals surface area contributed by atoms with Crippen LogP contribution in [0.25, 0.3) is 0 Å². The van der Waals surface area contributed by atoms with Crippen molar-refractivity contribution in [2.24, 2.45) is 7.05 Å². The zero-order valence-electron chi connectivity index (χ0n) is 12.9. The molecule has 0 unspecified atom stereocenters. The minimum absolute atomic E-state index is 0.00463. The van der Waals surface area contributed by atoms with Gasteiger partial charge in [-0.05, 0) is 18.2 Å². The van der Waals surface area contributed by atoms with E-state index in [2.05, 4.69) is 5.10 Å². The first-order valence-electron chi connectivity index (χ1n) is 7.22. The molecule has 0 N–H and O–H groups in total. The van der Waals surface area contributed by atoms with E-state index in [1.807, 2.05) is 6.07 Å². The standard InChI is InChI=1S/C15H15ClN4O3S/c1-19-9-12(8-18-19)14-10-20(4-5-23-14)24(21,22)15-3-2-11(7-17)6-13(15)16/h2-3,6,8-9,14H,4-5,10H2,1H3/t14-/m1/s1. The van der Waals surface area contributed by atoms with Crippen molar-refractivity contribution in [1.29, 1.82) is 5.26 Å². The Bertz CT molecular complexity index is 904. The largest absolute Gasteiger partial charge is 0.371 e. The van der Waals surface area contributed by atoms with Crippen LogP contribution >= 0.6 is 11.6 Å². The molecule has 2 heterocycles. The molecule has 0 saturated carbocycles. The number of halogens is 1. The summed E-state index contributed by atoms with van der Waals surface area (Å²) in [5.74, 6) is 0. The number of nitriles is 1. The van der Waals surface area contributed by atoms with Gasteiger partial charge in [0.05, 0.1) is 35.6 Å². The Kier molecular flexibility index (Phi) is 4.60. The van der Waals surface area contributed by atoms with Crippen LogP contribution in [-0.4, -0.2) is 42.2 Å². The van der Waals surface area contributed by atoms with E-state index in [9.17, 15) is 8.42 Å². The van der Waals surface area contributed by atoms with Crippen LogP contribution in [0.3, 0.4) is 0 Å². The Morgan fingerprint density at radius 1 is 1.46 bits per heavy atom. The fraction of sp³-hybridized carbons (Fsp3) is 0.333. The molecular weight excluding hydrogens is 352 g/mol. The maximum absolute atomic E-state index is 12.9. The highest BCUT2D eigenvalue weighted by Gasteiger charge is 2.33. The molecule has 1 aliphatic rings. The number of aryl methyl sites for hydroxylation is 1. The minimum Gasteiger partial charge on any atom is -0.371 e. The summed E-state index contributed by atoms with van der Waals surface area (Å²) in [5.41, 5.74) is 1.14. The Balaban J connectivity index is 1.88. The van der Waals surface area contributed by atoms with Crippen LogP contribution in [0.2, 0.25) is 5.02 Å². The van der Waals surface area contributed by atoms with Gasteiger partial charge in [-0.25, -0.2) is 8.42 Å². The van der Waals surface area contributed by atoms with Crippen molar-refractivity contribution in [3.05, 3.63) is 46.7 Å². The average Bonchev–Trinajstić information content (AvgIpc) is 3.01. The molecular formula is C15H15ClN4O3S. The Labute approximate surface area is 145 Å². The summed E-state index contributed by atoms with van der Waals surface area (Å²) in [7, 11) is -1.98. The zero-order valence-corrected chi connectivity index (χ0v) is 14.5. The lowest BCUT2D eigenvalue weighted by molar-refractivity contribution is -0.00259. The first kappa shape index (κ1) is 16.9. The van der Waals surface area contributed by atoms with E-state index < -0.39 is 10.0 Å². The number of ether oxygens (including phenoxy) is 1. The summed E-state index contributed by atoms with van der Waals surface area (Å²) in [6, 6.07) is 6.10. The predicted octanol–water partition coefficient (Wildman–Crippen LogP) is 1.71. The van der Waals surface area contributed by atoms with Crippen LogP contribution < -0.4 is 0 Å². The summed E-state index contributed by atoms with van der Waals surface area (Å²) in [4.78, 5) is -0.00463. The molecule has 1 aromatic heterocycles. The smallest absolute Gasteiger partial charge is 0.244 e. The molecule has 1 fully saturated rings. The third-order valence-electron chi connectivity index (χ3n) is 3.80. The van der Waals surface area contributed by atoms with Crippen LogP contribution in [0, 0.1) is 11.3 Å². The first-order valence-corrected chi connectivity index (χ1v) is 9.03. The summed E-state index contributed by atoms with van der Waals surface area (Å²) in [6.45, 7) is 0.715. The molecule has 1 aliphatic heterocycles. The van der Waals surface area contributed by atoms with Gasteiger partial charge in [-0.1, -0.05) is 11.6 Å². The second-order valence-corrected chi connectivity index (χ2v) is 7.74. The second-order valence-electron chi connectivity index (χ2n) is 5.43. The van der Waals surface area contributed by atoms with Gasteiger partial charge in [0, 0.05) is 31.9 Å². The lowest BCUT2D eigenvalue weighted by Crippen LogP contribution is -2.42. The third kappa shape index (κ3) is 3.16. The van der Waals surface area contributed by atoms with Crippen LogP contribution in [0.1, 0.15) is 17.2 Å². The van der Waals surface area contributed by atoms with Crippen LogP contribution in [-0.2, 0) is 21.8 Å². The number of rotatable bonds is 3. The maximum Gasteiger partial charge on any atom is 0.244 e. The van der Waals surface area contributed by atoms with Gasteiger partial charge in [0.15, 0.2) is 0 Å². The Morgan fingerprint density at radius 3 is 2.88 bits per heavy atom. The molecule has 3 rings (SSSR count). The van der Waals surface area contributed by atoms with Crippen LogP contribution in [0.4, 0.5) is 0 Å². The lowest BCUT2D eigenvalue weighted by Gasteiger charge is -2.31. The first-order chi connectivity index (χ1) is 11.4. The molecule has 0 spiro atoms. The van der Waals surface area contributed by atoms with Gasteiger partial charge in [0.1, 0.15) is 4.90 Å². The van der Waals surface area contributed by atoms with Gasteiger partial charge in [-0.3, -0.25) is 4.68 Å². The highest BCUT2D eigenvalue weighted by Crippen LogP contribution is 2.30. The van der Waals surface area contributed by atoms with Crippen LogP contribution in [0.15, 0.2) is 35.5 Å². The average molecular weight is 367 g/mol. The van der Waals surface area contributed by atoms with E-state index in [4.69, 9.17) is 21.6 Å². The zero-order chi connectivity index (χ0) is 17.3. The molecule has 9 heteroatoms. The van der Waals surface area contributed by atoms with Crippen molar-refractivity contribution < 1.29 is 13.2 Å². The Hall–Kier alpha value is -1.92. The third-order valence-corrected chi connectivity index (χ3v) is 6.15. The minimum atomic E-state index is -3.77. The number of sulfonamides is 1. The van der Waals surface area contributed by atoms with Gasteiger partial charge in [0.2, 0.25) is 10.0 Å². The second kappa shape index (κ2) is 6.53. The Morgan fingerprint density at radius 2 is 2.25 bits per heavy atom. The van der Waals surface area contributed by atoms with Crippen molar-refractivity contribution in [3.63, 3.8) is 0 Å². The van der Waals surface area contributed by atoms with Gasteiger partial charge in [0.25, 0.3) is 0 Å². The maximum atomic E-state index is 12.9. The summed E-state index contributed by atoms with van der Waals surface area (Å²) >= 11 is 6.07. The monoisotopic (exact) mass is 366 g/mol. The molecule has 0 radical (unpaired) electrons. The van der Waals surface area contributed by atoms with Crippen molar-refractivity contribution in [3.8, 4) is 6.07 Å². The number of aromatic nitrogens is 2. The fourth-order valence-corrected chi connectivity index (χ4v) is 4.51. The summed E-state index contributed by atoms with van der Waals surface area (Å²) < 4.78 is 34.4. The van der Waals surface area contributed by atoms with E-state index in [0.29, 0.717) is 5.56 Å². The van der Waals surface area contributed by atoms with Crippen molar-refractivity contribution >= 4 is 21.6 Å². The summed E-state index contributed by atoms with van der Waals surface area (Å²) in [6.07, 6.45) is 3.09. The quantitative estimate of drug-likeness (QED) is 0.825. The molecule has 2 aromatic rings. The van der Waals surface area contributed by atoms with E-state index in [1.165, 1.54) is 22.5 Å². The molecule has 1 aromatic carbocycles. The van der Waals surface area contributed by atoms with Gasteiger partial charge in [-0.15, -0.1) is 0 Å². The molecule has 7 nitrogen and oxygen atoms in total. The molecule has 126 valence electrons. The van der Waals surface area contributed by atoms with Crippen molar-refractivity contribution in [1.82, 2.24) is 14.1 Å². The molecule has 24 heavy (non-hydrogen) atoms. The fourth-order valence-electron chi connectivity index (χ4n) is 2.57. The normalized spacial score (nSPS) is 19.1. The number of hydrogen-bond donors (Lipinski definition) is 0. The van der Waals surface area contributed by atoms with E-state index in [-0.39, 0.29) is 35.7 Å². The lowest BCUT2D eigenvalue weighted by atomic mass is 10.2. The highest BCUT2D eigenvalue weighted by molar-refractivity contribution is 7.89. The van der Waals surface area contributed by atoms with Gasteiger partial charge >= 0.3 is 0 Å². The molecule has 0 aliphatic carbocycles. The number of nitrogens with zero attached hydrogens (tertiary/aromatic N) is 4. The number of hydrogen-bond acceptors (Lipinski definition) is 5. The van der Waals surface area contributed by atoms with Gasteiger partial charge < -0.3 is 4.74 Å². The number of morpholine rings is 1. The van der Waals surface area contributed by atoms with E-state index in [0.717, 1.165) is 5.56 Å². The highest BCUT2D eigenvalue weighted by atomic mass is 35.5. The molecule has 0 amide bonds.